The molecule has 0 aliphatic heterocycles. The number of guanidine groups is 1. The Morgan fingerprint density at radius 3 is 2.52 bits per heavy atom. The van der Waals surface area contributed by atoms with E-state index in [2.05, 4.69) is 40.5 Å². The lowest BCUT2D eigenvalue weighted by Crippen LogP contribution is -2.38. The summed E-state index contributed by atoms with van der Waals surface area (Å²) in [6, 6.07) is 12.2. The van der Waals surface area contributed by atoms with Crippen LogP contribution in [0.15, 0.2) is 47.6 Å². The summed E-state index contributed by atoms with van der Waals surface area (Å²) < 4.78 is 0. The standard InChI is InChI=1S/C19H25ClN4.HI/c1-4-21-19(22-12-11-16-6-5-14(2)23-13-16)24-15(3)17-7-9-18(20)10-8-17;/h5-10,13,15H,4,11-12H2,1-3H3,(H2,21,22,24);1H. The molecule has 0 saturated heterocycles. The van der Waals surface area contributed by atoms with Crippen LogP contribution in [0.2, 0.25) is 5.02 Å². The smallest absolute Gasteiger partial charge is 0.191 e. The van der Waals surface area contributed by atoms with Gasteiger partial charge in [0, 0.05) is 30.0 Å². The van der Waals surface area contributed by atoms with Crippen LogP contribution in [0.25, 0.3) is 0 Å². The van der Waals surface area contributed by atoms with E-state index in [1.807, 2.05) is 43.5 Å². The molecule has 0 bridgehead atoms. The van der Waals surface area contributed by atoms with E-state index in [1.165, 1.54) is 11.1 Å². The van der Waals surface area contributed by atoms with Gasteiger partial charge >= 0.3 is 0 Å². The fourth-order valence-electron chi connectivity index (χ4n) is 2.30. The minimum Gasteiger partial charge on any atom is -0.357 e. The van der Waals surface area contributed by atoms with Gasteiger partial charge < -0.3 is 10.6 Å². The molecule has 1 heterocycles. The zero-order valence-electron chi connectivity index (χ0n) is 14.9. The highest BCUT2D eigenvalue weighted by Crippen LogP contribution is 2.15. The van der Waals surface area contributed by atoms with Crippen molar-refractivity contribution in [3.05, 3.63) is 64.4 Å². The Bertz CT molecular complexity index is 656. The molecule has 2 aromatic rings. The number of hydrogen-bond donors (Lipinski definition) is 2. The van der Waals surface area contributed by atoms with Gasteiger partial charge in [-0.05, 0) is 56.5 Å². The summed E-state index contributed by atoms with van der Waals surface area (Å²) in [5.74, 6) is 0.819. The molecule has 1 atom stereocenters. The molecule has 0 fully saturated rings. The maximum atomic E-state index is 5.95. The van der Waals surface area contributed by atoms with Crippen molar-refractivity contribution in [1.82, 2.24) is 15.6 Å². The van der Waals surface area contributed by atoms with Gasteiger partial charge in [0.2, 0.25) is 0 Å². The Hall–Kier alpha value is -1.34. The number of pyridine rings is 1. The van der Waals surface area contributed by atoms with Crippen molar-refractivity contribution in [2.75, 3.05) is 13.1 Å². The molecule has 0 aliphatic rings. The van der Waals surface area contributed by atoms with Crippen molar-refractivity contribution in [3.8, 4) is 0 Å². The highest BCUT2D eigenvalue weighted by atomic mass is 127. The SMILES string of the molecule is CCNC(=NCCc1ccc(C)nc1)NC(C)c1ccc(Cl)cc1.I. The van der Waals surface area contributed by atoms with E-state index in [0.717, 1.165) is 29.6 Å². The van der Waals surface area contributed by atoms with Crippen molar-refractivity contribution in [2.45, 2.75) is 33.2 Å². The van der Waals surface area contributed by atoms with E-state index in [1.54, 1.807) is 0 Å². The largest absolute Gasteiger partial charge is 0.357 e. The fraction of sp³-hybridized carbons (Fsp3) is 0.368. The third-order valence-corrected chi connectivity index (χ3v) is 3.96. The summed E-state index contributed by atoms with van der Waals surface area (Å²) in [4.78, 5) is 8.97. The predicted molar refractivity (Wildman–Crippen MR) is 117 cm³/mol. The van der Waals surface area contributed by atoms with Crippen LogP contribution in [0.3, 0.4) is 0 Å². The van der Waals surface area contributed by atoms with Gasteiger partial charge in [0.15, 0.2) is 5.96 Å². The first-order valence-electron chi connectivity index (χ1n) is 8.30. The number of hydrogen-bond acceptors (Lipinski definition) is 2. The van der Waals surface area contributed by atoms with Gasteiger partial charge in [-0.1, -0.05) is 29.8 Å². The van der Waals surface area contributed by atoms with Gasteiger partial charge in [0.1, 0.15) is 0 Å². The molecular formula is C19H26ClIN4. The number of nitrogens with zero attached hydrogens (tertiary/aromatic N) is 2. The molecule has 2 rings (SSSR count). The Labute approximate surface area is 172 Å². The van der Waals surface area contributed by atoms with Crippen LogP contribution < -0.4 is 10.6 Å². The fourth-order valence-corrected chi connectivity index (χ4v) is 2.43. The second kappa shape index (κ2) is 11.3. The third-order valence-electron chi connectivity index (χ3n) is 3.71. The summed E-state index contributed by atoms with van der Waals surface area (Å²) in [6.45, 7) is 7.71. The molecule has 4 nitrogen and oxygen atoms in total. The van der Waals surface area contributed by atoms with Crippen molar-refractivity contribution >= 4 is 41.5 Å². The maximum absolute atomic E-state index is 5.95. The monoisotopic (exact) mass is 472 g/mol. The van der Waals surface area contributed by atoms with Crippen LogP contribution in [-0.2, 0) is 6.42 Å². The lowest BCUT2D eigenvalue weighted by atomic mass is 10.1. The van der Waals surface area contributed by atoms with Crippen LogP contribution >= 0.6 is 35.6 Å². The molecule has 1 unspecified atom stereocenters. The molecule has 6 heteroatoms. The van der Waals surface area contributed by atoms with Gasteiger partial charge in [-0.25, -0.2) is 0 Å². The molecule has 0 saturated carbocycles. The number of aromatic nitrogens is 1. The summed E-state index contributed by atoms with van der Waals surface area (Å²) in [5.41, 5.74) is 3.41. The van der Waals surface area contributed by atoms with Crippen molar-refractivity contribution in [1.29, 1.82) is 0 Å². The number of halogens is 2. The van der Waals surface area contributed by atoms with E-state index in [0.29, 0.717) is 6.54 Å². The van der Waals surface area contributed by atoms with Crippen LogP contribution in [-0.4, -0.2) is 24.0 Å². The van der Waals surface area contributed by atoms with Crippen molar-refractivity contribution in [3.63, 3.8) is 0 Å². The maximum Gasteiger partial charge on any atom is 0.191 e. The number of aliphatic imine (C=N–C) groups is 1. The molecule has 0 amide bonds. The minimum absolute atomic E-state index is 0. The van der Waals surface area contributed by atoms with E-state index in [9.17, 15) is 0 Å². The van der Waals surface area contributed by atoms with Crippen molar-refractivity contribution in [2.24, 2.45) is 4.99 Å². The summed E-state index contributed by atoms with van der Waals surface area (Å²) in [6.07, 6.45) is 2.79. The Balaban J connectivity index is 0.00000312. The number of rotatable bonds is 6. The van der Waals surface area contributed by atoms with Crippen LogP contribution in [0.5, 0.6) is 0 Å². The van der Waals surface area contributed by atoms with Gasteiger partial charge in [0.05, 0.1) is 6.04 Å². The first kappa shape index (κ1) is 21.7. The van der Waals surface area contributed by atoms with E-state index in [4.69, 9.17) is 11.6 Å². The average Bonchev–Trinajstić information content (AvgIpc) is 2.57. The summed E-state index contributed by atoms with van der Waals surface area (Å²) in [7, 11) is 0. The molecule has 2 N–H and O–H groups in total. The second-order valence-electron chi connectivity index (χ2n) is 5.74. The van der Waals surface area contributed by atoms with Gasteiger partial charge in [0.25, 0.3) is 0 Å². The molecule has 136 valence electrons. The van der Waals surface area contributed by atoms with E-state index >= 15 is 0 Å². The molecule has 1 aromatic heterocycles. The Morgan fingerprint density at radius 1 is 1.20 bits per heavy atom. The zero-order chi connectivity index (χ0) is 17.4. The second-order valence-corrected chi connectivity index (χ2v) is 6.17. The lowest BCUT2D eigenvalue weighted by molar-refractivity contribution is 0.686. The highest BCUT2D eigenvalue weighted by Gasteiger charge is 2.07. The third kappa shape index (κ3) is 7.61. The zero-order valence-corrected chi connectivity index (χ0v) is 18.0. The normalized spacial score (nSPS) is 12.2. The summed E-state index contributed by atoms with van der Waals surface area (Å²) >= 11 is 5.95. The quantitative estimate of drug-likeness (QED) is 0.369. The van der Waals surface area contributed by atoms with Crippen molar-refractivity contribution < 1.29 is 0 Å². The average molecular weight is 473 g/mol. The first-order valence-corrected chi connectivity index (χ1v) is 8.68. The number of aryl methyl sites for hydroxylation is 1. The van der Waals surface area contributed by atoms with Gasteiger partial charge in [-0.3, -0.25) is 9.98 Å². The van der Waals surface area contributed by atoms with Gasteiger partial charge in [-0.15, -0.1) is 24.0 Å². The highest BCUT2D eigenvalue weighted by molar-refractivity contribution is 14.0. The van der Waals surface area contributed by atoms with Crippen LogP contribution in [0.4, 0.5) is 0 Å². The number of benzene rings is 1. The van der Waals surface area contributed by atoms with E-state index in [-0.39, 0.29) is 30.0 Å². The minimum atomic E-state index is 0. The molecule has 25 heavy (non-hydrogen) atoms. The molecule has 1 aromatic carbocycles. The Morgan fingerprint density at radius 2 is 1.92 bits per heavy atom. The molecule has 0 radical (unpaired) electrons. The van der Waals surface area contributed by atoms with Crippen LogP contribution in [0.1, 0.15) is 36.7 Å². The Kier molecular flexibility index (Phi) is 9.82. The topological polar surface area (TPSA) is 49.3 Å². The van der Waals surface area contributed by atoms with Crippen LogP contribution in [0, 0.1) is 6.92 Å². The molecule has 0 spiro atoms. The molecule has 0 aliphatic carbocycles. The number of nitrogens with one attached hydrogen (secondary N) is 2. The first-order chi connectivity index (χ1) is 11.6. The molecular weight excluding hydrogens is 447 g/mol. The van der Waals surface area contributed by atoms with Gasteiger partial charge in [-0.2, -0.15) is 0 Å². The summed E-state index contributed by atoms with van der Waals surface area (Å²) in [5, 5.41) is 7.46. The lowest BCUT2D eigenvalue weighted by Gasteiger charge is -2.18. The van der Waals surface area contributed by atoms with E-state index < -0.39 is 0 Å². The predicted octanol–water partition coefficient (Wildman–Crippen LogP) is 4.52.